The van der Waals surface area contributed by atoms with Crippen molar-refractivity contribution in [2.24, 2.45) is 0 Å². The van der Waals surface area contributed by atoms with Crippen LogP contribution >= 0.6 is 11.3 Å². The molecule has 1 aliphatic heterocycles. The second-order valence-electron chi connectivity index (χ2n) is 10.6. The van der Waals surface area contributed by atoms with Crippen LogP contribution in [0.2, 0.25) is 0 Å². The first kappa shape index (κ1) is 22.0. The summed E-state index contributed by atoms with van der Waals surface area (Å²) in [5, 5.41) is 6.05. The van der Waals surface area contributed by atoms with Gasteiger partial charge in [0.1, 0.15) is 0 Å². The highest BCUT2D eigenvalue weighted by atomic mass is 32.1. The number of para-hydroxylation sites is 1. The highest BCUT2D eigenvalue weighted by Crippen LogP contribution is 2.44. The summed E-state index contributed by atoms with van der Waals surface area (Å²) < 4.78 is 15.7. The zero-order valence-corrected chi connectivity index (χ0v) is 21.6. The minimum Gasteiger partial charge on any atom is -0.399 e. The molecule has 4 aromatic carbocycles. The summed E-state index contributed by atoms with van der Waals surface area (Å²) in [6, 6.07) is 29.9. The van der Waals surface area contributed by atoms with Crippen LogP contribution in [0.15, 0.2) is 84.9 Å². The molecule has 36 heavy (non-hydrogen) atoms. The Morgan fingerprint density at radius 1 is 0.694 bits per heavy atom. The van der Waals surface area contributed by atoms with Crippen molar-refractivity contribution in [2.45, 2.75) is 38.9 Å². The monoisotopic (exact) mass is 487 g/mol. The highest BCUT2D eigenvalue weighted by molar-refractivity contribution is 7.27. The number of nitrogens with zero attached hydrogens (tertiary/aromatic N) is 1. The van der Waals surface area contributed by atoms with Gasteiger partial charge in [-0.2, -0.15) is 0 Å². The van der Waals surface area contributed by atoms with Gasteiger partial charge in [0.15, 0.2) is 0 Å². The molecule has 1 saturated heterocycles. The molecule has 0 saturated carbocycles. The average molecular weight is 487 g/mol. The van der Waals surface area contributed by atoms with E-state index in [1.807, 2.05) is 17.4 Å². The Morgan fingerprint density at radius 2 is 1.33 bits per heavy atom. The second-order valence-corrected chi connectivity index (χ2v) is 11.7. The van der Waals surface area contributed by atoms with Crippen LogP contribution in [0.4, 0.5) is 0 Å². The summed E-state index contributed by atoms with van der Waals surface area (Å²) in [5.41, 5.74) is 3.33. The summed E-state index contributed by atoms with van der Waals surface area (Å²) >= 11 is 1.82. The lowest BCUT2D eigenvalue weighted by Gasteiger charge is -2.32. The second kappa shape index (κ2) is 7.63. The third kappa shape index (κ3) is 3.10. The molecule has 2 aromatic heterocycles. The van der Waals surface area contributed by atoms with Gasteiger partial charge in [0.05, 0.1) is 22.4 Å². The number of aromatic nitrogens is 1. The molecule has 7 rings (SSSR count). The van der Waals surface area contributed by atoms with Crippen molar-refractivity contribution in [3.05, 3.63) is 84.9 Å². The van der Waals surface area contributed by atoms with Gasteiger partial charge in [0, 0.05) is 47.4 Å². The smallest absolute Gasteiger partial charge is 0.399 e. The van der Waals surface area contributed by atoms with Gasteiger partial charge in [-0.1, -0.05) is 72.8 Å². The molecule has 0 bridgehead atoms. The van der Waals surface area contributed by atoms with E-state index < -0.39 is 18.3 Å². The summed E-state index contributed by atoms with van der Waals surface area (Å²) in [7, 11) is -0.454. The Labute approximate surface area is 214 Å². The molecule has 0 radical (unpaired) electrons. The zero-order valence-electron chi connectivity index (χ0n) is 20.8. The van der Waals surface area contributed by atoms with E-state index in [0.29, 0.717) is 0 Å². The molecule has 0 N–H and O–H groups in total. The first-order valence-corrected chi connectivity index (χ1v) is 13.2. The van der Waals surface area contributed by atoms with Gasteiger partial charge in [-0.05, 0) is 39.8 Å². The molecule has 0 atom stereocenters. The number of hydrogen-bond acceptors (Lipinski definition) is 4. The number of fused-ring (bicyclic) bond motifs is 7. The molecule has 1 fully saturated rings. The number of hydrogen-bond donors (Lipinski definition) is 0. The van der Waals surface area contributed by atoms with Crippen LogP contribution in [0.25, 0.3) is 53.1 Å². The van der Waals surface area contributed by atoms with Crippen molar-refractivity contribution < 1.29 is 9.31 Å². The first-order chi connectivity index (χ1) is 17.3. The SMILES string of the molecule is CC1(C)OB(c2cc3c(-c4ccccc4)nc4ccccc4c3c3c2sc2ccccc23)OC1(C)C. The zero-order chi connectivity index (χ0) is 24.7. The molecule has 0 spiro atoms. The van der Waals surface area contributed by atoms with Crippen LogP contribution in [0.3, 0.4) is 0 Å². The van der Waals surface area contributed by atoms with E-state index in [9.17, 15) is 0 Å². The van der Waals surface area contributed by atoms with E-state index in [4.69, 9.17) is 14.3 Å². The van der Waals surface area contributed by atoms with Gasteiger partial charge in [-0.25, -0.2) is 4.98 Å². The normalized spacial score (nSPS) is 17.1. The minimum absolute atomic E-state index is 0.417. The Balaban J connectivity index is 1.68. The molecule has 0 amide bonds. The molecular weight excluding hydrogens is 461 g/mol. The summed E-state index contributed by atoms with van der Waals surface area (Å²) in [6.07, 6.45) is 0. The number of pyridine rings is 1. The van der Waals surface area contributed by atoms with Gasteiger partial charge in [-0.3, -0.25) is 0 Å². The fourth-order valence-electron chi connectivity index (χ4n) is 5.32. The van der Waals surface area contributed by atoms with Crippen LogP contribution in [0.1, 0.15) is 27.7 Å². The van der Waals surface area contributed by atoms with Crippen molar-refractivity contribution in [1.82, 2.24) is 4.98 Å². The van der Waals surface area contributed by atoms with Crippen LogP contribution < -0.4 is 5.46 Å². The third-order valence-electron chi connectivity index (χ3n) is 7.89. The van der Waals surface area contributed by atoms with E-state index in [-0.39, 0.29) is 0 Å². The molecule has 0 unspecified atom stereocenters. The summed E-state index contributed by atoms with van der Waals surface area (Å²) in [6.45, 7) is 8.45. The van der Waals surface area contributed by atoms with Gasteiger partial charge < -0.3 is 9.31 Å². The predicted octanol–water partition coefficient (Wildman–Crippen LogP) is 7.72. The van der Waals surface area contributed by atoms with Gasteiger partial charge in [-0.15, -0.1) is 11.3 Å². The van der Waals surface area contributed by atoms with E-state index in [0.717, 1.165) is 27.6 Å². The molecule has 3 nitrogen and oxygen atoms in total. The first-order valence-electron chi connectivity index (χ1n) is 12.4. The lowest BCUT2D eigenvalue weighted by Crippen LogP contribution is -2.41. The number of rotatable bonds is 2. The molecule has 5 heteroatoms. The van der Waals surface area contributed by atoms with Crippen molar-refractivity contribution in [3.63, 3.8) is 0 Å². The quantitative estimate of drug-likeness (QED) is 0.185. The lowest BCUT2D eigenvalue weighted by atomic mass is 9.76. The van der Waals surface area contributed by atoms with E-state index in [1.54, 1.807) is 0 Å². The predicted molar refractivity (Wildman–Crippen MR) is 153 cm³/mol. The van der Waals surface area contributed by atoms with Crippen LogP contribution in [0, 0.1) is 0 Å². The Morgan fingerprint density at radius 3 is 2.08 bits per heavy atom. The van der Waals surface area contributed by atoms with Crippen molar-refractivity contribution in [2.75, 3.05) is 0 Å². The van der Waals surface area contributed by atoms with Gasteiger partial charge >= 0.3 is 7.12 Å². The van der Waals surface area contributed by atoms with Crippen LogP contribution in [-0.2, 0) is 9.31 Å². The molecule has 6 aromatic rings. The largest absolute Gasteiger partial charge is 0.496 e. The average Bonchev–Trinajstić information content (AvgIpc) is 3.36. The van der Waals surface area contributed by atoms with Gasteiger partial charge in [0.25, 0.3) is 0 Å². The minimum atomic E-state index is -0.454. The van der Waals surface area contributed by atoms with Crippen LogP contribution in [0.5, 0.6) is 0 Å². The van der Waals surface area contributed by atoms with Crippen molar-refractivity contribution in [3.8, 4) is 11.3 Å². The fourth-order valence-corrected chi connectivity index (χ4v) is 6.55. The lowest BCUT2D eigenvalue weighted by molar-refractivity contribution is 0.00578. The number of thiophene rings is 1. The van der Waals surface area contributed by atoms with E-state index >= 15 is 0 Å². The molecular formula is C31H26BNO2S. The number of benzene rings is 4. The van der Waals surface area contributed by atoms with Crippen LogP contribution in [-0.4, -0.2) is 23.3 Å². The van der Waals surface area contributed by atoms with E-state index in [2.05, 4.69) is 107 Å². The molecule has 3 heterocycles. The highest BCUT2D eigenvalue weighted by Gasteiger charge is 2.52. The van der Waals surface area contributed by atoms with Crippen molar-refractivity contribution >= 4 is 65.8 Å². The van der Waals surface area contributed by atoms with Crippen molar-refractivity contribution in [1.29, 1.82) is 0 Å². The maximum atomic E-state index is 6.60. The Hall–Kier alpha value is -3.25. The summed E-state index contributed by atoms with van der Waals surface area (Å²) in [4.78, 5) is 5.19. The van der Waals surface area contributed by atoms with E-state index in [1.165, 1.54) is 30.9 Å². The van der Waals surface area contributed by atoms with Gasteiger partial charge in [0.2, 0.25) is 0 Å². The Kier molecular flexibility index (Phi) is 4.66. The molecule has 0 aliphatic carbocycles. The fraction of sp³-hybridized carbons (Fsp3) is 0.194. The third-order valence-corrected chi connectivity index (χ3v) is 9.11. The molecule has 1 aliphatic rings. The standard InChI is InChI=1S/C31H26BNO2S/c1-30(2)31(3,4)35-32(34-30)23-18-22-26(27-21-15-9-11-17-25(21)36-29(23)27)20-14-8-10-16-24(20)33-28(22)19-12-6-5-7-13-19/h5-18H,1-4H3. The molecule has 176 valence electrons. The summed E-state index contributed by atoms with van der Waals surface area (Å²) in [5.74, 6) is 0. The maximum Gasteiger partial charge on any atom is 0.496 e. The topological polar surface area (TPSA) is 31.4 Å². The maximum absolute atomic E-state index is 6.60. The Bertz CT molecular complexity index is 1790.